The highest BCUT2D eigenvalue weighted by molar-refractivity contribution is 5.94. The van der Waals surface area contributed by atoms with Crippen molar-refractivity contribution in [3.8, 4) is 17.2 Å². The number of carbonyl (C=O) groups excluding carboxylic acids is 2. The predicted octanol–water partition coefficient (Wildman–Crippen LogP) is 4.38. The van der Waals surface area contributed by atoms with Crippen molar-refractivity contribution in [2.75, 3.05) is 17.2 Å². The molecule has 3 aromatic carbocycles. The topological polar surface area (TPSA) is 76.7 Å². The van der Waals surface area contributed by atoms with Gasteiger partial charge in [0.1, 0.15) is 17.2 Å². The van der Waals surface area contributed by atoms with Crippen molar-refractivity contribution in [1.82, 2.24) is 0 Å². The van der Waals surface area contributed by atoms with Gasteiger partial charge in [-0.3, -0.25) is 9.59 Å². The molecule has 0 unspecified atom stereocenters. The van der Waals surface area contributed by atoms with Gasteiger partial charge in [-0.2, -0.15) is 0 Å². The largest absolute Gasteiger partial charge is 0.484 e. The van der Waals surface area contributed by atoms with Crippen molar-refractivity contribution in [2.45, 2.75) is 12.8 Å². The summed E-state index contributed by atoms with van der Waals surface area (Å²) in [6.45, 7) is -0.116. The van der Waals surface area contributed by atoms with Gasteiger partial charge < -0.3 is 20.1 Å². The molecule has 1 heterocycles. The fourth-order valence-corrected chi connectivity index (χ4v) is 3.06. The van der Waals surface area contributed by atoms with Gasteiger partial charge in [0.05, 0.1) is 0 Å². The number of benzene rings is 3. The molecule has 0 radical (unpaired) electrons. The Balaban J connectivity index is 1.33. The number of amides is 2. The summed E-state index contributed by atoms with van der Waals surface area (Å²) in [6.07, 6.45) is 1.12. The maximum absolute atomic E-state index is 12.3. The summed E-state index contributed by atoms with van der Waals surface area (Å²) in [5.74, 6) is 1.70. The molecule has 0 bridgehead atoms. The molecule has 0 atom stereocenters. The Hall–Kier alpha value is -3.80. The molecule has 146 valence electrons. The number of aryl methyl sites for hydroxylation is 1. The lowest BCUT2D eigenvalue weighted by Crippen LogP contribution is -2.21. The van der Waals surface area contributed by atoms with Crippen LogP contribution in [0.4, 0.5) is 11.4 Å². The molecule has 6 heteroatoms. The third-order valence-electron chi connectivity index (χ3n) is 4.44. The first-order valence-corrected chi connectivity index (χ1v) is 9.34. The van der Waals surface area contributed by atoms with Crippen LogP contribution < -0.4 is 20.1 Å². The number of fused-ring (bicyclic) bond motifs is 1. The van der Waals surface area contributed by atoms with Gasteiger partial charge in [0.2, 0.25) is 5.91 Å². The summed E-state index contributed by atoms with van der Waals surface area (Å²) in [7, 11) is 0. The Bertz CT molecular complexity index is 1030. The summed E-state index contributed by atoms with van der Waals surface area (Å²) >= 11 is 0. The average molecular weight is 388 g/mol. The molecule has 0 aromatic heterocycles. The van der Waals surface area contributed by atoms with Gasteiger partial charge in [0.25, 0.3) is 5.91 Å². The van der Waals surface area contributed by atoms with Crippen molar-refractivity contribution in [3.05, 3.63) is 78.4 Å². The van der Waals surface area contributed by atoms with Gasteiger partial charge in [0, 0.05) is 23.9 Å². The number of ether oxygens (including phenoxy) is 2. The SMILES string of the molecule is O=C(COc1ccc2c(c1)CCC(=O)N2)Nc1cccc(Oc2ccccc2)c1. The molecule has 6 nitrogen and oxygen atoms in total. The van der Waals surface area contributed by atoms with Crippen LogP contribution in [0.25, 0.3) is 0 Å². The van der Waals surface area contributed by atoms with Crippen LogP contribution in [0.3, 0.4) is 0 Å². The Morgan fingerprint density at radius 3 is 2.59 bits per heavy atom. The lowest BCUT2D eigenvalue weighted by atomic mass is 10.0. The number of rotatable bonds is 6. The van der Waals surface area contributed by atoms with Crippen LogP contribution >= 0.6 is 0 Å². The molecular formula is C23H20N2O4. The van der Waals surface area contributed by atoms with E-state index in [0.29, 0.717) is 30.0 Å². The highest BCUT2D eigenvalue weighted by atomic mass is 16.5. The quantitative estimate of drug-likeness (QED) is 0.657. The molecule has 3 aromatic rings. The van der Waals surface area contributed by atoms with E-state index in [2.05, 4.69) is 10.6 Å². The van der Waals surface area contributed by atoms with Gasteiger partial charge in [-0.1, -0.05) is 24.3 Å². The second-order valence-corrected chi connectivity index (χ2v) is 6.65. The summed E-state index contributed by atoms with van der Waals surface area (Å²) in [5.41, 5.74) is 2.43. The number of carbonyl (C=O) groups is 2. The number of hydrogen-bond acceptors (Lipinski definition) is 4. The van der Waals surface area contributed by atoms with Crippen molar-refractivity contribution >= 4 is 23.2 Å². The fourth-order valence-electron chi connectivity index (χ4n) is 3.06. The maximum Gasteiger partial charge on any atom is 0.262 e. The summed E-state index contributed by atoms with van der Waals surface area (Å²) in [6, 6.07) is 22.0. The van der Waals surface area contributed by atoms with E-state index in [1.165, 1.54) is 0 Å². The lowest BCUT2D eigenvalue weighted by Gasteiger charge is -2.17. The molecule has 0 fully saturated rings. The number of nitrogens with one attached hydrogen (secondary N) is 2. The highest BCUT2D eigenvalue weighted by Crippen LogP contribution is 2.27. The molecule has 2 N–H and O–H groups in total. The van der Waals surface area contributed by atoms with E-state index in [-0.39, 0.29) is 18.4 Å². The molecule has 1 aliphatic rings. The van der Waals surface area contributed by atoms with Crippen molar-refractivity contribution in [2.24, 2.45) is 0 Å². The molecule has 29 heavy (non-hydrogen) atoms. The third-order valence-corrected chi connectivity index (χ3v) is 4.44. The minimum Gasteiger partial charge on any atom is -0.484 e. The normalized spacial score (nSPS) is 12.5. The van der Waals surface area contributed by atoms with Crippen LogP contribution in [0.15, 0.2) is 72.8 Å². The minimum atomic E-state index is -0.270. The van der Waals surface area contributed by atoms with Gasteiger partial charge in [-0.25, -0.2) is 0 Å². The Labute approximate surface area is 168 Å². The van der Waals surface area contributed by atoms with Crippen molar-refractivity contribution in [1.29, 1.82) is 0 Å². The zero-order chi connectivity index (χ0) is 20.1. The first-order chi connectivity index (χ1) is 14.2. The minimum absolute atomic E-state index is 0.0176. The maximum atomic E-state index is 12.3. The molecule has 0 saturated heterocycles. The summed E-state index contributed by atoms with van der Waals surface area (Å²) in [4.78, 5) is 23.7. The highest BCUT2D eigenvalue weighted by Gasteiger charge is 2.15. The van der Waals surface area contributed by atoms with Gasteiger partial charge >= 0.3 is 0 Å². The van der Waals surface area contributed by atoms with Crippen LogP contribution in [0.5, 0.6) is 17.2 Å². The Kier molecular flexibility index (Phi) is 5.42. The standard InChI is InChI=1S/C23H20N2O4/c26-22-12-9-16-13-19(10-11-21(16)25-22)28-15-23(27)24-17-5-4-8-20(14-17)29-18-6-2-1-3-7-18/h1-8,10-11,13-14H,9,12,15H2,(H,24,27)(H,25,26). The summed E-state index contributed by atoms with van der Waals surface area (Å²) in [5, 5.41) is 5.63. The van der Waals surface area contributed by atoms with E-state index in [4.69, 9.17) is 9.47 Å². The average Bonchev–Trinajstić information content (AvgIpc) is 2.73. The van der Waals surface area contributed by atoms with Crippen molar-refractivity contribution in [3.63, 3.8) is 0 Å². The van der Waals surface area contributed by atoms with E-state index in [0.717, 1.165) is 17.0 Å². The lowest BCUT2D eigenvalue weighted by molar-refractivity contribution is -0.118. The number of para-hydroxylation sites is 1. The number of anilines is 2. The van der Waals surface area contributed by atoms with Gasteiger partial charge in [-0.15, -0.1) is 0 Å². The fraction of sp³-hybridized carbons (Fsp3) is 0.130. The number of hydrogen-bond donors (Lipinski definition) is 2. The third kappa shape index (κ3) is 4.93. The first-order valence-electron chi connectivity index (χ1n) is 9.34. The van der Waals surface area contributed by atoms with Crippen LogP contribution in [-0.2, 0) is 16.0 Å². The van der Waals surface area contributed by atoms with Crippen LogP contribution in [0.2, 0.25) is 0 Å². The molecule has 1 aliphatic heterocycles. The van der Waals surface area contributed by atoms with Crippen LogP contribution in [-0.4, -0.2) is 18.4 Å². The molecule has 0 spiro atoms. The van der Waals surface area contributed by atoms with Gasteiger partial charge in [-0.05, 0) is 54.4 Å². The van der Waals surface area contributed by atoms with Gasteiger partial charge in [0.15, 0.2) is 6.61 Å². The van der Waals surface area contributed by atoms with E-state index in [9.17, 15) is 9.59 Å². The molecule has 0 saturated carbocycles. The van der Waals surface area contributed by atoms with Crippen molar-refractivity contribution < 1.29 is 19.1 Å². The Morgan fingerprint density at radius 2 is 1.72 bits per heavy atom. The molecular weight excluding hydrogens is 368 g/mol. The zero-order valence-corrected chi connectivity index (χ0v) is 15.7. The molecule has 0 aliphatic carbocycles. The monoisotopic (exact) mass is 388 g/mol. The predicted molar refractivity (Wildman–Crippen MR) is 110 cm³/mol. The van der Waals surface area contributed by atoms with E-state index in [1.807, 2.05) is 48.5 Å². The van der Waals surface area contributed by atoms with Crippen LogP contribution in [0.1, 0.15) is 12.0 Å². The zero-order valence-electron chi connectivity index (χ0n) is 15.7. The van der Waals surface area contributed by atoms with E-state index in [1.54, 1.807) is 24.3 Å². The van der Waals surface area contributed by atoms with Crippen LogP contribution in [0, 0.1) is 0 Å². The van der Waals surface area contributed by atoms with E-state index < -0.39 is 0 Å². The smallest absolute Gasteiger partial charge is 0.262 e. The molecule has 2 amide bonds. The van der Waals surface area contributed by atoms with E-state index >= 15 is 0 Å². The second-order valence-electron chi connectivity index (χ2n) is 6.65. The first kappa shape index (κ1) is 18.6. The summed E-state index contributed by atoms with van der Waals surface area (Å²) < 4.78 is 11.4. The Morgan fingerprint density at radius 1 is 0.897 bits per heavy atom. The molecule has 4 rings (SSSR count). The second kappa shape index (κ2) is 8.48.